The summed E-state index contributed by atoms with van der Waals surface area (Å²) in [5.41, 5.74) is 3.67. The summed E-state index contributed by atoms with van der Waals surface area (Å²) >= 11 is 0. The van der Waals surface area contributed by atoms with Gasteiger partial charge in [-0.3, -0.25) is 0 Å². The molecule has 2 bridgehead atoms. The fourth-order valence-electron chi connectivity index (χ4n) is 4.62. The molecule has 0 radical (unpaired) electrons. The third-order valence-electron chi connectivity index (χ3n) is 6.17. The topological polar surface area (TPSA) is 95.9 Å². The number of aromatic hydroxyl groups is 1. The number of rotatable bonds is 5. The molecule has 154 valence electrons. The molecular weight excluding hydrogens is 376 g/mol. The Labute approximate surface area is 176 Å². The van der Waals surface area contributed by atoms with E-state index in [0.717, 1.165) is 29.3 Å². The van der Waals surface area contributed by atoms with E-state index in [1.165, 1.54) is 25.7 Å². The number of nitrogens with one attached hydrogen (secondary N) is 2. The molecule has 7 nitrogen and oxygen atoms in total. The molecule has 7 heteroatoms. The van der Waals surface area contributed by atoms with Crippen LogP contribution in [0.15, 0.2) is 42.5 Å². The number of benzene rings is 1. The molecule has 5 rings (SSSR count). The lowest BCUT2D eigenvalue weighted by Crippen LogP contribution is -2.40. The van der Waals surface area contributed by atoms with Crippen LogP contribution in [0, 0.1) is 12.8 Å². The van der Waals surface area contributed by atoms with Gasteiger partial charge < -0.3 is 15.7 Å². The fourth-order valence-corrected chi connectivity index (χ4v) is 4.62. The van der Waals surface area contributed by atoms with Crippen LogP contribution >= 0.6 is 0 Å². The number of phenols is 1. The summed E-state index contributed by atoms with van der Waals surface area (Å²) in [6, 6.07) is 14.4. The van der Waals surface area contributed by atoms with Crippen molar-refractivity contribution >= 4 is 5.82 Å². The Bertz CT molecular complexity index is 1010. The van der Waals surface area contributed by atoms with E-state index in [-0.39, 0.29) is 5.75 Å². The molecule has 3 aromatic rings. The van der Waals surface area contributed by atoms with Crippen LogP contribution in [0.3, 0.4) is 0 Å². The minimum atomic E-state index is 0.148. The molecule has 0 amide bonds. The molecule has 2 unspecified atom stereocenters. The highest BCUT2D eigenvalue weighted by atomic mass is 16.3. The number of hydrogen-bond acceptors (Lipinski definition) is 7. The molecule has 2 aliphatic rings. The van der Waals surface area contributed by atoms with Crippen molar-refractivity contribution in [3.05, 3.63) is 48.2 Å². The SMILES string of the molecule is Cc1ccc(-c2ccc(-c3ccc(NCC4CC5CCC(C4)N5)nn3)c(O)c2)nn1. The molecule has 0 spiro atoms. The summed E-state index contributed by atoms with van der Waals surface area (Å²) in [4.78, 5) is 0. The largest absolute Gasteiger partial charge is 0.507 e. The van der Waals surface area contributed by atoms with Crippen molar-refractivity contribution in [1.29, 1.82) is 0 Å². The van der Waals surface area contributed by atoms with E-state index < -0.39 is 0 Å². The summed E-state index contributed by atoms with van der Waals surface area (Å²) in [7, 11) is 0. The number of nitrogens with zero attached hydrogens (tertiary/aromatic N) is 4. The van der Waals surface area contributed by atoms with Gasteiger partial charge in [-0.15, -0.1) is 10.2 Å². The van der Waals surface area contributed by atoms with Gasteiger partial charge in [0.15, 0.2) is 0 Å². The average Bonchev–Trinajstić information content (AvgIpc) is 3.11. The predicted molar refractivity (Wildman–Crippen MR) is 116 cm³/mol. The van der Waals surface area contributed by atoms with Crippen LogP contribution in [0.5, 0.6) is 5.75 Å². The quantitative estimate of drug-likeness (QED) is 0.600. The van der Waals surface area contributed by atoms with E-state index in [2.05, 4.69) is 31.0 Å². The smallest absolute Gasteiger partial charge is 0.148 e. The van der Waals surface area contributed by atoms with Gasteiger partial charge in [0.1, 0.15) is 11.6 Å². The van der Waals surface area contributed by atoms with Gasteiger partial charge in [0.25, 0.3) is 0 Å². The maximum atomic E-state index is 10.5. The average molecular weight is 403 g/mol. The van der Waals surface area contributed by atoms with E-state index in [1.807, 2.05) is 43.3 Å². The summed E-state index contributed by atoms with van der Waals surface area (Å²) in [5.74, 6) is 1.61. The highest BCUT2D eigenvalue weighted by molar-refractivity contribution is 5.73. The Morgan fingerprint density at radius 3 is 2.37 bits per heavy atom. The Kier molecular flexibility index (Phi) is 5.04. The number of anilines is 1. The second-order valence-electron chi connectivity index (χ2n) is 8.45. The zero-order chi connectivity index (χ0) is 20.5. The van der Waals surface area contributed by atoms with Crippen LogP contribution in [0.4, 0.5) is 5.82 Å². The minimum absolute atomic E-state index is 0.148. The van der Waals surface area contributed by atoms with Crippen LogP contribution in [-0.2, 0) is 0 Å². The van der Waals surface area contributed by atoms with Crippen molar-refractivity contribution in [2.24, 2.45) is 5.92 Å². The monoisotopic (exact) mass is 402 g/mol. The van der Waals surface area contributed by atoms with Crippen molar-refractivity contribution in [3.63, 3.8) is 0 Å². The number of fused-ring (bicyclic) bond motifs is 2. The summed E-state index contributed by atoms with van der Waals surface area (Å²) < 4.78 is 0. The standard InChI is InChI=1S/C23H26N6O/c1-14-2-7-20(27-26-14)16-3-6-19(22(30)12-16)21-8-9-23(29-28-21)24-13-15-10-17-4-5-18(11-15)25-17/h2-3,6-9,12,15,17-18,25,30H,4-5,10-11,13H2,1H3,(H,24,29). The van der Waals surface area contributed by atoms with Crippen LogP contribution < -0.4 is 10.6 Å². The van der Waals surface area contributed by atoms with Gasteiger partial charge >= 0.3 is 0 Å². The van der Waals surface area contributed by atoms with E-state index in [0.29, 0.717) is 29.3 Å². The minimum Gasteiger partial charge on any atom is -0.507 e. The Balaban J connectivity index is 1.25. The van der Waals surface area contributed by atoms with Crippen molar-refractivity contribution < 1.29 is 5.11 Å². The second-order valence-corrected chi connectivity index (χ2v) is 8.45. The van der Waals surface area contributed by atoms with Crippen molar-refractivity contribution in [1.82, 2.24) is 25.7 Å². The van der Waals surface area contributed by atoms with Gasteiger partial charge in [-0.05, 0) is 74.9 Å². The molecule has 3 N–H and O–H groups in total. The third-order valence-corrected chi connectivity index (χ3v) is 6.17. The molecule has 2 saturated heterocycles. The van der Waals surface area contributed by atoms with Crippen LogP contribution in [0.25, 0.3) is 22.5 Å². The highest BCUT2D eigenvalue weighted by Gasteiger charge is 2.33. The molecule has 0 saturated carbocycles. The summed E-state index contributed by atoms with van der Waals surface area (Å²) in [5, 5.41) is 34.5. The molecule has 2 aliphatic heterocycles. The van der Waals surface area contributed by atoms with Gasteiger partial charge in [-0.2, -0.15) is 10.2 Å². The molecule has 2 atom stereocenters. The first kappa shape index (κ1) is 18.9. The first-order valence-electron chi connectivity index (χ1n) is 10.6. The zero-order valence-electron chi connectivity index (χ0n) is 17.0. The first-order valence-corrected chi connectivity index (χ1v) is 10.6. The number of phenolic OH excluding ortho intramolecular Hbond substituents is 1. The second kappa shape index (κ2) is 7.99. The van der Waals surface area contributed by atoms with Crippen molar-refractivity contribution in [2.75, 3.05) is 11.9 Å². The lowest BCUT2D eigenvalue weighted by Gasteiger charge is -2.29. The van der Waals surface area contributed by atoms with Crippen LogP contribution in [0.1, 0.15) is 31.4 Å². The van der Waals surface area contributed by atoms with E-state index in [1.54, 1.807) is 6.07 Å². The van der Waals surface area contributed by atoms with Gasteiger partial charge in [0.2, 0.25) is 0 Å². The maximum absolute atomic E-state index is 10.5. The van der Waals surface area contributed by atoms with Crippen molar-refractivity contribution in [3.8, 4) is 28.3 Å². The van der Waals surface area contributed by atoms with Gasteiger partial charge in [0.05, 0.1) is 17.1 Å². The zero-order valence-corrected chi connectivity index (χ0v) is 17.0. The van der Waals surface area contributed by atoms with Gasteiger partial charge in [-0.1, -0.05) is 6.07 Å². The summed E-state index contributed by atoms with van der Waals surface area (Å²) in [6.45, 7) is 2.82. The predicted octanol–water partition coefficient (Wildman–Crippen LogP) is 3.56. The summed E-state index contributed by atoms with van der Waals surface area (Å²) in [6.07, 6.45) is 5.10. The number of aryl methyl sites for hydroxylation is 1. The number of piperidine rings is 1. The van der Waals surface area contributed by atoms with Gasteiger partial charge in [-0.25, -0.2) is 0 Å². The maximum Gasteiger partial charge on any atom is 0.148 e. The molecule has 4 heterocycles. The van der Waals surface area contributed by atoms with Crippen LogP contribution in [0.2, 0.25) is 0 Å². The number of hydrogen-bond donors (Lipinski definition) is 3. The van der Waals surface area contributed by atoms with E-state index in [4.69, 9.17) is 0 Å². The molecule has 2 aromatic heterocycles. The molecule has 1 aromatic carbocycles. The Morgan fingerprint density at radius 2 is 1.70 bits per heavy atom. The lowest BCUT2D eigenvalue weighted by molar-refractivity contribution is 0.311. The molecular formula is C23H26N6O. The van der Waals surface area contributed by atoms with Gasteiger partial charge in [0, 0.05) is 29.8 Å². The molecule has 2 fully saturated rings. The van der Waals surface area contributed by atoms with E-state index >= 15 is 0 Å². The normalized spacial score (nSPS) is 22.8. The molecule has 0 aliphatic carbocycles. The van der Waals surface area contributed by atoms with Crippen LogP contribution in [-0.4, -0.2) is 44.1 Å². The van der Waals surface area contributed by atoms with Crippen molar-refractivity contribution in [2.45, 2.75) is 44.7 Å². The molecule has 30 heavy (non-hydrogen) atoms. The number of aromatic nitrogens is 4. The van der Waals surface area contributed by atoms with E-state index in [9.17, 15) is 5.11 Å². The fraction of sp³-hybridized carbons (Fsp3) is 0.391. The Morgan fingerprint density at radius 1 is 0.933 bits per heavy atom. The highest BCUT2D eigenvalue weighted by Crippen LogP contribution is 2.33. The lowest BCUT2D eigenvalue weighted by atomic mass is 9.92. The first-order chi connectivity index (χ1) is 14.6. The third kappa shape index (κ3) is 3.98. The Hall–Kier alpha value is -3.06.